The fourth-order valence-corrected chi connectivity index (χ4v) is 2.60. The number of carbonyl (C=O) groups is 2. The van der Waals surface area contributed by atoms with Crippen molar-refractivity contribution in [3.63, 3.8) is 0 Å². The van der Waals surface area contributed by atoms with Crippen molar-refractivity contribution in [3.8, 4) is 5.75 Å². The van der Waals surface area contributed by atoms with Crippen LogP contribution in [-0.2, 0) is 4.79 Å². The van der Waals surface area contributed by atoms with E-state index in [0.717, 1.165) is 11.3 Å². The molecule has 1 aromatic heterocycles. The van der Waals surface area contributed by atoms with Crippen molar-refractivity contribution in [2.75, 3.05) is 23.1 Å². The molecule has 0 saturated heterocycles. The maximum atomic E-state index is 12.4. The van der Waals surface area contributed by atoms with Crippen molar-refractivity contribution in [2.24, 2.45) is 0 Å². The molecule has 2 amide bonds. The van der Waals surface area contributed by atoms with Crippen LogP contribution in [-0.4, -0.2) is 28.9 Å². The average molecular weight is 391 g/mol. The van der Waals surface area contributed by atoms with Crippen molar-refractivity contribution in [2.45, 2.75) is 13.8 Å². The molecule has 29 heavy (non-hydrogen) atoms. The van der Waals surface area contributed by atoms with Gasteiger partial charge in [0.05, 0.1) is 25.2 Å². The number of amides is 2. The Kier molecular flexibility index (Phi) is 6.03. The van der Waals surface area contributed by atoms with Gasteiger partial charge in [-0.15, -0.1) is 0 Å². The maximum Gasteiger partial charge on any atom is 0.275 e. The number of benzene rings is 2. The van der Waals surface area contributed by atoms with Crippen LogP contribution in [0.1, 0.15) is 23.0 Å². The van der Waals surface area contributed by atoms with E-state index < -0.39 is 0 Å². The lowest BCUT2D eigenvalue weighted by molar-refractivity contribution is -0.114. The van der Waals surface area contributed by atoms with E-state index in [-0.39, 0.29) is 17.5 Å². The molecule has 1 heterocycles. The van der Waals surface area contributed by atoms with Crippen LogP contribution in [0.5, 0.6) is 5.75 Å². The minimum Gasteiger partial charge on any atom is -0.495 e. The second-order valence-electron chi connectivity index (χ2n) is 6.33. The Morgan fingerprint density at radius 1 is 0.931 bits per heavy atom. The Bertz CT molecular complexity index is 1020. The molecule has 0 saturated carbocycles. The number of rotatable bonds is 6. The van der Waals surface area contributed by atoms with E-state index in [1.165, 1.54) is 19.3 Å². The summed E-state index contributed by atoms with van der Waals surface area (Å²) in [7, 11) is 1.59. The number of hydrogen-bond acceptors (Lipinski definition) is 6. The lowest BCUT2D eigenvalue weighted by Gasteiger charge is -2.11. The zero-order valence-corrected chi connectivity index (χ0v) is 16.3. The van der Waals surface area contributed by atoms with E-state index in [1.807, 2.05) is 25.1 Å². The number of methoxy groups -OCH3 is 1. The van der Waals surface area contributed by atoms with E-state index in [9.17, 15) is 9.59 Å². The summed E-state index contributed by atoms with van der Waals surface area (Å²) in [5, 5.41) is 8.54. The van der Waals surface area contributed by atoms with E-state index in [1.54, 1.807) is 31.4 Å². The molecule has 8 nitrogen and oxygen atoms in total. The van der Waals surface area contributed by atoms with Gasteiger partial charge in [0.25, 0.3) is 5.91 Å². The first-order valence-electron chi connectivity index (χ1n) is 8.87. The Morgan fingerprint density at radius 3 is 2.21 bits per heavy atom. The van der Waals surface area contributed by atoms with Gasteiger partial charge in [-0.25, -0.2) is 9.97 Å². The third kappa shape index (κ3) is 5.29. The number of aromatic nitrogens is 2. The Hall–Kier alpha value is -3.94. The smallest absolute Gasteiger partial charge is 0.275 e. The van der Waals surface area contributed by atoms with Crippen molar-refractivity contribution < 1.29 is 14.3 Å². The Balaban J connectivity index is 1.66. The number of carbonyl (C=O) groups excluding carboxylic acids is 2. The quantitative estimate of drug-likeness (QED) is 0.591. The summed E-state index contributed by atoms with van der Waals surface area (Å²) in [6, 6.07) is 12.5. The van der Waals surface area contributed by atoms with E-state index in [2.05, 4.69) is 25.9 Å². The molecule has 3 N–H and O–H groups in total. The molecule has 0 aliphatic heterocycles. The van der Waals surface area contributed by atoms with Crippen LogP contribution in [0.3, 0.4) is 0 Å². The first kappa shape index (κ1) is 19.8. The van der Waals surface area contributed by atoms with Crippen molar-refractivity contribution in [1.82, 2.24) is 9.97 Å². The van der Waals surface area contributed by atoms with E-state index in [0.29, 0.717) is 22.9 Å². The normalized spacial score (nSPS) is 10.2. The van der Waals surface area contributed by atoms with E-state index in [4.69, 9.17) is 4.74 Å². The summed E-state index contributed by atoms with van der Waals surface area (Å²) < 4.78 is 5.33. The molecule has 0 aliphatic rings. The fraction of sp³-hybridized carbons (Fsp3) is 0.143. The molecule has 3 rings (SSSR count). The topological polar surface area (TPSA) is 105 Å². The van der Waals surface area contributed by atoms with Crippen LogP contribution in [0.25, 0.3) is 0 Å². The molecule has 0 fully saturated rings. The average Bonchev–Trinajstić information content (AvgIpc) is 2.70. The molecule has 0 unspecified atom stereocenters. The second-order valence-corrected chi connectivity index (χ2v) is 6.33. The first-order chi connectivity index (χ1) is 13.9. The van der Waals surface area contributed by atoms with Crippen LogP contribution in [0.15, 0.2) is 54.9 Å². The van der Waals surface area contributed by atoms with Crippen molar-refractivity contribution >= 4 is 34.7 Å². The standard InChI is InChI=1S/C21H21N5O3/c1-13-4-9-19(29-3)17(10-13)26-20-12-22-18(11-23-20)21(28)25-16-7-5-15(6-8-16)24-14(2)27/h4-12H,1-3H3,(H,23,26)(H,24,27)(H,25,28). The van der Waals surface area contributed by atoms with Gasteiger partial charge >= 0.3 is 0 Å². The number of nitrogens with one attached hydrogen (secondary N) is 3. The molecule has 0 atom stereocenters. The van der Waals surface area contributed by atoms with Gasteiger partial charge in [-0.2, -0.15) is 0 Å². The Morgan fingerprint density at radius 2 is 1.62 bits per heavy atom. The maximum absolute atomic E-state index is 12.4. The molecule has 0 spiro atoms. The molecule has 8 heteroatoms. The number of ether oxygens (including phenoxy) is 1. The summed E-state index contributed by atoms with van der Waals surface area (Å²) in [4.78, 5) is 31.8. The molecule has 148 valence electrons. The molecule has 3 aromatic rings. The number of aryl methyl sites for hydroxylation is 1. The van der Waals surface area contributed by atoms with Gasteiger partial charge in [-0.1, -0.05) is 6.07 Å². The molecule has 0 bridgehead atoms. The highest BCUT2D eigenvalue weighted by Crippen LogP contribution is 2.27. The summed E-state index contributed by atoms with van der Waals surface area (Å²) in [5.41, 5.74) is 3.24. The van der Waals surface area contributed by atoms with Crippen LogP contribution in [0.2, 0.25) is 0 Å². The van der Waals surface area contributed by atoms with E-state index >= 15 is 0 Å². The molecule has 2 aromatic carbocycles. The number of nitrogens with zero attached hydrogens (tertiary/aromatic N) is 2. The zero-order valence-electron chi connectivity index (χ0n) is 16.3. The second kappa shape index (κ2) is 8.83. The van der Waals surface area contributed by atoms with Gasteiger partial charge in [0, 0.05) is 18.3 Å². The summed E-state index contributed by atoms with van der Waals surface area (Å²) in [5.74, 6) is 0.630. The lowest BCUT2D eigenvalue weighted by Crippen LogP contribution is -2.14. The molecular weight excluding hydrogens is 370 g/mol. The van der Waals surface area contributed by atoms with Crippen molar-refractivity contribution in [1.29, 1.82) is 0 Å². The molecule has 0 aliphatic carbocycles. The monoisotopic (exact) mass is 391 g/mol. The van der Waals surface area contributed by atoms with Gasteiger partial charge in [0.1, 0.15) is 17.3 Å². The van der Waals surface area contributed by atoms with Crippen molar-refractivity contribution in [3.05, 3.63) is 66.1 Å². The summed E-state index contributed by atoms with van der Waals surface area (Å²) in [6.07, 6.45) is 2.88. The molecule has 0 radical (unpaired) electrons. The minimum atomic E-state index is -0.385. The fourth-order valence-electron chi connectivity index (χ4n) is 2.60. The van der Waals surface area contributed by atoms with Gasteiger partial charge in [-0.3, -0.25) is 9.59 Å². The van der Waals surface area contributed by atoms with Gasteiger partial charge in [0.2, 0.25) is 5.91 Å². The first-order valence-corrected chi connectivity index (χ1v) is 8.87. The summed E-state index contributed by atoms with van der Waals surface area (Å²) in [6.45, 7) is 3.41. The highest BCUT2D eigenvalue weighted by Gasteiger charge is 2.10. The SMILES string of the molecule is COc1ccc(C)cc1Nc1cnc(C(=O)Nc2ccc(NC(C)=O)cc2)cn1. The third-order valence-corrected chi connectivity index (χ3v) is 3.97. The van der Waals surface area contributed by atoms with Crippen LogP contribution in [0.4, 0.5) is 22.9 Å². The Labute approximate surface area is 168 Å². The third-order valence-electron chi connectivity index (χ3n) is 3.97. The molecular formula is C21H21N5O3. The van der Waals surface area contributed by atoms with Gasteiger partial charge < -0.3 is 20.7 Å². The number of anilines is 4. The number of hydrogen-bond donors (Lipinski definition) is 3. The van der Waals surface area contributed by atoms with Crippen LogP contribution < -0.4 is 20.7 Å². The summed E-state index contributed by atoms with van der Waals surface area (Å²) >= 11 is 0. The highest BCUT2D eigenvalue weighted by atomic mass is 16.5. The zero-order chi connectivity index (χ0) is 20.8. The predicted molar refractivity (Wildman–Crippen MR) is 112 cm³/mol. The largest absolute Gasteiger partial charge is 0.495 e. The van der Waals surface area contributed by atoms with Gasteiger partial charge in [0.15, 0.2) is 0 Å². The lowest BCUT2D eigenvalue weighted by atomic mass is 10.2. The van der Waals surface area contributed by atoms with Crippen LogP contribution >= 0.6 is 0 Å². The highest BCUT2D eigenvalue weighted by molar-refractivity contribution is 6.02. The van der Waals surface area contributed by atoms with Gasteiger partial charge in [-0.05, 0) is 48.9 Å². The van der Waals surface area contributed by atoms with Crippen LogP contribution in [0, 0.1) is 6.92 Å². The predicted octanol–water partition coefficient (Wildman–Crippen LogP) is 3.75. The minimum absolute atomic E-state index is 0.158.